The molecule has 2 aliphatic rings. The van der Waals surface area contributed by atoms with E-state index in [4.69, 9.17) is 14.2 Å². The number of nitrogens with one attached hydrogen (secondary N) is 3. The monoisotopic (exact) mass is 569 g/mol. The minimum Gasteiger partial charge on any atom is -0.488 e. The van der Waals surface area contributed by atoms with Gasteiger partial charge in [-0.15, -0.1) is 0 Å². The van der Waals surface area contributed by atoms with Crippen molar-refractivity contribution in [3.8, 4) is 17.2 Å². The summed E-state index contributed by atoms with van der Waals surface area (Å²) >= 11 is 0. The number of anilines is 2. The van der Waals surface area contributed by atoms with Crippen LogP contribution in [0.2, 0.25) is 0 Å². The smallest absolute Gasteiger partial charge is 0.323 e. The highest BCUT2D eigenvalue weighted by Gasteiger charge is 2.32. The highest BCUT2D eigenvalue weighted by atomic mass is 16.7. The molecule has 0 aliphatic carbocycles. The number of carbonyl (C=O) groups excluding carboxylic acids is 3. The Bertz CT molecular complexity index is 1270. The van der Waals surface area contributed by atoms with E-state index in [2.05, 4.69) is 16.0 Å². The maximum absolute atomic E-state index is 13.4. The minimum absolute atomic E-state index is 0.0160. The van der Waals surface area contributed by atoms with E-state index in [-0.39, 0.29) is 50.3 Å². The van der Waals surface area contributed by atoms with Crippen molar-refractivity contribution in [2.75, 3.05) is 44.2 Å². The number of amides is 5. The van der Waals surface area contributed by atoms with E-state index < -0.39 is 18.2 Å². The van der Waals surface area contributed by atoms with Gasteiger partial charge in [0.2, 0.25) is 12.7 Å². The fraction of sp³-hybridized carbons (Fsp3) is 0.483. The van der Waals surface area contributed by atoms with Gasteiger partial charge in [0, 0.05) is 48.6 Å². The summed E-state index contributed by atoms with van der Waals surface area (Å²) in [6.07, 6.45) is -0.425. The van der Waals surface area contributed by atoms with E-state index in [1.165, 1.54) is 0 Å². The second kappa shape index (κ2) is 13.0. The average molecular weight is 570 g/mol. The van der Waals surface area contributed by atoms with Crippen molar-refractivity contribution in [1.29, 1.82) is 0 Å². The Balaban J connectivity index is 1.55. The van der Waals surface area contributed by atoms with Crippen LogP contribution in [0.3, 0.4) is 0 Å². The molecule has 0 aromatic heterocycles. The van der Waals surface area contributed by atoms with Gasteiger partial charge in [-0.2, -0.15) is 0 Å². The topological polar surface area (TPSA) is 142 Å². The van der Waals surface area contributed by atoms with Crippen LogP contribution in [0.1, 0.15) is 33.3 Å². The Morgan fingerprint density at radius 2 is 1.71 bits per heavy atom. The molecule has 12 heteroatoms. The number of aliphatic hydroxyl groups is 1. The zero-order valence-electron chi connectivity index (χ0n) is 24.1. The zero-order valence-corrected chi connectivity index (χ0v) is 24.1. The Labute approximate surface area is 239 Å². The molecule has 2 aromatic carbocycles. The third kappa shape index (κ3) is 7.51. The van der Waals surface area contributed by atoms with Gasteiger partial charge >= 0.3 is 12.1 Å². The summed E-state index contributed by atoms with van der Waals surface area (Å²) < 4.78 is 17.1. The fourth-order valence-electron chi connectivity index (χ4n) is 4.70. The molecule has 0 bridgehead atoms. The molecule has 0 unspecified atom stereocenters. The highest BCUT2D eigenvalue weighted by molar-refractivity contribution is 6.00. The largest absolute Gasteiger partial charge is 0.488 e. The summed E-state index contributed by atoms with van der Waals surface area (Å²) in [5, 5.41) is 18.3. The first-order valence-electron chi connectivity index (χ1n) is 13.7. The summed E-state index contributed by atoms with van der Waals surface area (Å²) in [4.78, 5) is 42.0. The summed E-state index contributed by atoms with van der Waals surface area (Å²) in [7, 11) is 1.70. The molecule has 5 amide bonds. The number of carbonyl (C=O) groups is 3. The number of aliphatic hydroxyl groups excluding tert-OH is 1. The number of nitrogens with zero attached hydrogens (tertiary/aromatic N) is 2. The number of hydrogen-bond acceptors (Lipinski definition) is 7. The maximum atomic E-state index is 13.4. The van der Waals surface area contributed by atoms with E-state index >= 15 is 0 Å². The Kier molecular flexibility index (Phi) is 9.43. The molecular formula is C29H39N5O7. The molecular weight excluding hydrogens is 530 g/mol. The fourth-order valence-corrected chi connectivity index (χ4v) is 4.70. The van der Waals surface area contributed by atoms with Crippen molar-refractivity contribution < 1.29 is 33.7 Å². The number of rotatable bonds is 7. The first-order valence-corrected chi connectivity index (χ1v) is 13.7. The van der Waals surface area contributed by atoms with E-state index in [0.717, 1.165) is 0 Å². The molecule has 0 saturated heterocycles. The number of benzene rings is 2. The molecule has 0 fully saturated rings. The van der Waals surface area contributed by atoms with E-state index in [1.807, 2.05) is 20.8 Å². The van der Waals surface area contributed by atoms with Crippen LogP contribution in [0, 0.1) is 5.92 Å². The lowest BCUT2D eigenvalue weighted by molar-refractivity contribution is -0.134. The third-order valence-electron chi connectivity index (χ3n) is 7.02. The molecule has 0 spiro atoms. The molecule has 41 heavy (non-hydrogen) atoms. The number of likely N-dealkylation sites (N-methyl/N-ethyl adjacent to an activating group) is 1. The second-order valence-corrected chi connectivity index (χ2v) is 10.8. The molecule has 4 N–H and O–H groups in total. The average Bonchev–Trinajstić information content (AvgIpc) is 3.40. The quantitative estimate of drug-likeness (QED) is 0.401. The maximum Gasteiger partial charge on any atom is 0.323 e. The van der Waals surface area contributed by atoms with Gasteiger partial charge in [0.25, 0.3) is 0 Å². The predicted molar refractivity (Wildman–Crippen MR) is 153 cm³/mol. The van der Waals surface area contributed by atoms with Gasteiger partial charge in [-0.25, -0.2) is 9.59 Å². The molecule has 12 nitrogen and oxygen atoms in total. The van der Waals surface area contributed by atoms with Crippen molar-refractivity contribution in [3.05, 3.63) is 42.0 Å². The van der Waals surface area contributed by atoms with Crippen molar-refractivity contribution in [2.45, 2.75) is 52.3 Å². The number of fused-ring (bicyclic) bond motifs is 2. The van der Waals surface area contributed by atoms with Gasteiger partial charge < -0.3 is 45.1 Å². The molecule has 3 atom stereocenters. The van der Waals surface area contributed by atoms with Gasteiger partial charge in [-0.05, 0) is 51.1 Å². The van der Waals surface area contributed by atoms with Crippen molar-refractivity contribution in [1.82, 2.24) is 15.1 Å². The minimum atomic E-state index is -0.473. The lowest BCUT2D eigenvalue weighted by Gasteiger charge is -2.34. The lowest BCUT2D eigenvalue weighted by Crippen LogP contribution is -2.49. The lowest BCUT2D eigenvalue weighted by atomic mass is 10.0. The zero-order chi connectivity index (χ0) is 29.7. The molecule has 4 rings (SSSR count). The summed E-state index contributed by atoms with van der Waals surface area (Å²) in [6.45, 7) is 8.12. The number of urea groups is 2. The first kappa shape index (κ1) is 29.8. The summed E-state index contributed by atoms with van der Waals surface area (Å²) in [5.74, 6) is 1.33. The van der Waals surface area contributed by atoms with Gasteiger partial charge in [0.05, 0.1) is 25.6 Å². The standard InChI is InChI=1S/C29H39N5O7/c1-17(2)30-29(38)33(5)14-26-18(3)13-34(19(4)15-35)27(36)11-20-10-21(6-8-23(20)41-26)31-28(37)32-22-7-9-24-25(12-22)40-16-39-24/h6-10,12,17-19,26,35H,11,13-16H2,1-5H3,(H,30,38)(H2,31,32,37)/t18-,19-,26+/m0/s1. The molecule has 2 aromatic rings. The summed E-state index contributed by atoms with van der Waals surface area (Å²) in [5.41, 5.74) is 1.58. The number of hydrogen-bond donors (Lipinski definition) is 4. The highest BCUT2D eigenvalue weighted by Crippen LogP contribution is 2.34. The van der Waals surface area contributed by atoms with Crippen LogP contribution < -0.4 is 30.2 Å². The van der Waals surface area contributed by atoms with Crippen LogP contribution in [0.25, 0.3) is 0 Å². The molecule has 2 heterocycles. The summed E-state index contributed by atoms with van der Waals surface area (Å²) in [6, 6.07) is 9.11. The predicted octanol–water partition coefficient (Wildman–Crippen LogP) is 3.26. The van der Waals surface area contributed by atoms with Gasteiger partial charge in [-0.3, -0.25) is 4.79 Å². The van der Waals surface area contributed by atoms with Gasteiger partial charge in [0.1, 0.15) is 11.9 Å². The Morgan fingerprint density at radius 3 is 2.39 bits per heavy atom. The molecule has 0 radical (unpaired) electrons. The van der Waals surface area contributed by atoms with Gasteiger partial charge in [-0.1, -0.05) is 6.92 Å². The Hall–Kier alpha value is -4.19. The van der Waals surface area contributed by atoms with Crippen molar-refractivity contribution in [3.63, 3.8) is 0 Å². The van der Waals surface area contributed by atoms with Gasteiger partial charge in [0.15, 0.2) is 11.5 Å². The Morgan fingerprint density at radius 1 is 1.05 bits per heavy atom. The van der Waals surface area contributed by atoms with Crippen LogP contribution in [-0.4, -0.2) is 84.6 Å². The van der Waals surface area contributed by atoms with Crippen molar-refractivity contribution in [2.24, 2.45) is 5.92 Å². The van der Waals surface area contributed by atoms with E-state index in [9.17, 15) is 19.5 Å². The molecule has 0 saturated carbocycles. The van der Waals surface area contributed by atoms with Crippen LogP contribution in [-0.2, 0) is 11.2 Å². The van der Waals surface area contributed by atoms with E-state index in [0.29, 0.717) is 40.7 Å². The van der Waals surface area contributed by atoms with Crippen LogP contribution in [0.15, 0.2) is 36.4 Å². The third-order valence-corrected chi connectivity index (χ3v) is 7.02. The molecule has 2 aliphatic heterocycles. The molecule has 222 valence electrons. The van der Waals surface area contributed by atoms with Crippen molar-refractivity contribution >= 4 is 29.3 Å². The number of ether oxygens (including phenoxy) is 3. The first-order chi connectivity index (χ1) is 19.5. The van der Waals surface area contributed by atoms with Crippen LogP contribution in [0.4, 0.5) is 21.0 Å². The van der Waals surface area contributed by atoms with E-state index in [1.54, 1.807) is 60.2 Å². The SMILES string of the molecule is CC(C)NC(=O)N(C)C[C@H]1Oc2ccc(NC(=O)Nc3ccc4c(c3)OCO4)cc2CC(=O)N([C@@H](C)CO)C[C@@H]1C. The normalized spacial score (nSPS) is 18.8. The van der Waals surface area contributed by atoms with Crippen LogP contribution in [0.5, 0.6) is 17.2 Å². The second-order valence-electron chi connectivity index (χ2n) is 10.8. The van der Waals surface area contributed by atoms with Crippen LogP contribution >= 0.6 is 0 Å².